The summed E-state index contributed by atoms with van der Waals surface area (Å²) in [6, 6.07) is 3.96. The molecule has 0 saturated heterocycles. The monoisotopic (exact) mass is 559 g/mol. The minimum Gasteiger partial charge on any atom is -0.479 e. The number of carbonyl (C=O) groups excluding carboxylic acids is 1. The maximum Gasteiger partial charge on any atom is 0.274 e. The fourth-order valence-corrected chi connectivity index (χ4v) is 6.06. The Morgan fingerprint density at radius 2 is 2.03 bits per heavy atom. The van der Waals surface area contributed by atoms with Crippen LogP contribution in [0.5, 0.6) is 5.75 Å². The molecule has 12 heteroatoms. The number of amides is 1. The molecule has 1 unspecified atom stereocenters. The summed E-state index contributed by atoms with van der Waals surface area (Å²) < 4.78 is 46.0. The molecule has 1 aliphatic heterocycles. The van der Waals surface area contributed by atoms with Gasteiger partial charge in [0, 0.05) is 35.1 Å². The predicted octanol–water partition coefficient (Wildman–Crippen LogP) is 5.37. The van der Waals surface area contributed by atoms with E-state index in [9.17, 15) is 9.18 Å². The first kappa shape index (κ1) is 28.5. The highest BCUT2D eigenvalue weighted by atomic mass is 32.2. The largest absolute Gasteiger partial charge is 0.479 e. The summed E-state index contributed by atoms with van der Waals surface area (Å²) in [6.45, 7) is 9.32. The van der Waals surface area contributed by atoms with E-state index in [0.29, 0.717) is 23.8 Å². The lowest BCUT2D eigenvalue weighted by atomic mass is 9.74. The number of hydrogen-bond acceptors (Lipinski definition) is 9. The number of halogens is 2. The van der Waals surface area contributed by atoms with Crippen molar-refractivity contribution in [2.45, 2.75) is 51.0 Å². The van der Waals surface area contributed by atoms with Crippen molar-refractivity contribution >= 4 is 28.5 Å². The Hall–Kier alpha value is -3.51. The van der Waals surface area contributed by atoms with Gasteiger partial charge in [-0.05, 0) is 45.4 Å². The van der Waals surface area contributed by atoms with E-state index in [0.717, 1.165) is 6.07 Å². The highest BCUT2D eigenvalue weighted by molar-refractivity contribution is 8.15. The zero-order chi connectivity index (χ0) is 28.5. The van der Waals surface area contributed by atoms with Gasteiger partial charge in [-0.2, -0.15) is 0 Å². The third-order valence-corrected chi connectivity index (χ3v) is 8.32. The van der Waals surface area contributed by atoms with Crippen molar-refractivity contribution < 1.29 is 27.5 Å². The molecule has 0 spiro atoms. The summed E-state index contributed by atoms with van der Waals surface area (Å²) in [5.74, 6) is -2.26. The van der Waals surface area contributed by atoms with Gasteiger partial charge in [0.1, 0.15) is 17.7 Å². The number of nitrogens with zero attached hydrogens (tertiary/aromatic N) is 3. The van der Waals surface area contributed by atoms with Gasteiger partial charge >= 0.3 is 0 Å². The Morgan fingerprint density at radius 1 is 1.28 bits per heavy atom. The molecule has 3 heterocycles. The van der Waals surface area contributed by atoms with Crippen LogP contribution in [-0.2, 0) is 10.3 Å². The van der Waals surface area contributed by atoms with Gasteiger partial charge in [-0.1, -0.05) is 18.7 Å². The fraction of sp³-hybridized carbons (Fsp3) is 0.407. The molecule has 208 valence electrons. The first-order valence-corrected chi connectivity index (χ1v) is 13.1. The molecule has 39 heavy (non-hydrogen) atoms. The average molecular weight is 560 g/mol. The van der Waals surface area contributed by atoms with Gasteiger partial charge in [0.05, 0.1) is 24.5 Å². The normalized spacial score (nSPS) is 23.7. The van der Waals surface area contributed by atoms with Crippen molar-refractivity contribution in [1.29, 1.82) is 0 Å². The minimum absolute atomic E-state index is 0.0233. The number of rotatable bonds is 8. The van der Waals surface area contributed by atoms with Gasteiger partial charge in [-0.15, -0.1) is 0 Å². The van der Waals surface area contributed by atoms with Crippen molar-refractivity contribution in [3.63, 3.8) is 0 Å². The van der Waals surface area contributed by atoms with Crippen molar-refractivity contribution in [1.82, 2.24) is 9.97 Å². The number of ether oxygens (including phenoxy) is 2. The predicted molar refractivity (Wildman–Crippen MR) is 145 cm³/mol. The Balaban J connectivity index is 1.60. The molecule has 1 aliphatic rings. The summed E-state index contributed by atoms with van der Waals surface area (Å²) in [5.41, 5.74) is 5.56. The molecule has 9 nitrogen and oxygen atoms in total. The number of carbonyl (C=O) groups is 1. The molecule has 0 aliphatic carbocycles. The van der Waals surface area contributed by atoms with Gasteiger partial charge in [0.2, 0.25) is 5.89 Å². The van der Waals surface area contributed by atoms with Crippen molar-refractivity contribution in [2.75, 3.05) is 19.0 Å². The van der Waals surface area contributed by atoms with E-state index >= 15 is 4.39 Å². The summed E-state index contributed by atoms with van der Waals surface area (Å²) in [5, 5.41) is 2.87. The maximum absolute atomic E-state index is 15.3. The summed E-state index contributed by atoms with van der Waals surface area (Å²) in [7, 11) is 1.57. The molecule has 1 amide bonds. The molecule has 3 N–H and O–H groups in total. The van der Waals surface area contributed by atoms with E-state index in [2.05, 4.69) is 20.3 Å². The van der Waals surface area contributed by atoms with Crippen LogP contribution in [0.25, 0.3) is 0 Å². The van der Waals surface area contributed by atoms with Gasteiger partial charge in [-0.25, -0.2) is 18.7 Å². The van der Waals surface area contributed by atoms with E-state index in [1.807, 2.05) is 13.8 Å². The molecule has 4 rings (SSSR count). The lowest BCUT2D eigenvalue weighted by molar-refractivity contribution is 0.102. The standard InChI is InChI=1S/C27H31F2N5O4S/c1-14-9-18(38-15(2)24-31-7-8-37-24)12-32-22(14)23(35)33-17-10-19(21(29)20(28)11-17)27(5)16(3)26(4,13-36-6)39-25(30)34-27/h7-12,15-16H,13H2,1-6H3,(H2,30,34)(H,33,35)/t15-,16?,26-,27+/m1/s1. The van der Waals surface area contributed by atoms with E-state index < -0.39 is 33.9 Å². The van der Waals surface area contributed by atoms with Gasteiger partial charge in [0.25, 0.3) is 5.91 Å². The van der Waals surface area contributed by atoms with Crippen molar-refractivity contribution in [2.24, 2.45) is 16.6 Å². The number of thioether (sulfide) groups is 1. The number of benzene rings is 1. The average Bonchev–Trinajstić information content (AvgIpc) is 3.40. The third-order valence-electron chi connectivity index (χ3n) is 7.08. The number of oxazole rings is 1. The second kappa shape index (κ2) is 10.9. The van der Waals surface area contributed by atoms with Crippen molar-refractivity contribution in [3.8, 4) is 5.75 Å². The summed E-state index contributed by atoms with van der Waals surface area (Å²) in [4.78, 5) is 25.9. The SMILES string of the molecule is COC[C@@]1(C)SC(N)=N[C@](C)(c2cc(NC(=O)c3ncc(O[C@H](C)c4ncco4)cc3C)cc(F)c2F)C1C. The van der Waals surface area contributed by atoms with Crippen LogP contribution >= 0.6 is 11.8 Å². The fourth-order valence-electron chi connectivity index (χ4n) is 4.77. The van der Waals surface area contributed by atoms with Crippen LogP contribution in [0.1, 0.15) is 61.3 Å². The van der Waals surface area contributed by atoms with Gasteiger partial charge in [0.15, 0.2) is 22.9 Å². The van der Waals surface area contributed by atoms with E-state index in [-0.39, 0.29) is 28.0 Å². The van der Waals surface area contributed by atoms with Crippen LogP contribution in [0.3, 0.4) is 0 Å². The molecule has 2 aromatic heterocycles. The number of aliphatic imine (C=N–C) groups is 1. The highest BCUT2D eigenvalue weighted by Crippen LogP contribution is 2.50. The Labute approximate surface area is 229 Å². The molecular formula is C27H31F2N5O4S. The van der Waals surface area contributed by atoms with Crippen LogP contribution in [0.4, 0.5) is 14.5 Å². The first-order valence-electron chi connectivity index (χ1n) is 12.2. The lowest BCUT2D eigenvalue weighted by Crippen LogP contribution is -2.50. The zero-order valence-electron chi connectivity index (χ0n) is 22.5. The topological polar surface area (TPSA) is 125 Å². The summed E-state index contributed by atoms with van der Waals surface area (Å²) in [6.07, 6.45) is 3.90. The lowest BCUT2D eigenvalue weighted by Gasteiger charge is -2.47. The van der Waals surface area contributed by atoms with Crippen molar-refractivity contribution in [3.05, 3.63) is 71.2 Å². The number of aromatic nitrogens is 2. The Kier molecular flexibility index (Phi) is 7.99. The highest BCUT2D eigenvalue weighted by Gasteiger charge is 2.50. The third kappa shape index (κ3) is 5.62. The quantitative estimate of drug-likeness (QED) is 0.378. The van der Waals surface area contributed by atoms with Crippen LogP contribution in [0.2, 0.25) is 0 Å². The smallest absolute Gasteiger partial charge is 0.274 e. The van der Waals surface area contributed by atoms with Crippen LogP contribution in [0, 0.1) is 24.5 Å². The number of nitrogens with two attached hydrogens (primary N) is 1. The number of hydrogen-bond donors (Lipinski definition) is 2. The molecular weight excluding hydrogens is 528 g/mol. The molecule has 1 aromatic carbocycles. The number of methoxy groups -OCH3 is 1. The molecule has 0 fully saturated rings. The maximum atomic E-state index is 15.3. The van der Waals surface area contributed by atoms with Crippen LogP contribution in [0.15, 0.2) is 46.3 Å². The molecule has 0 saturated carbocycles. The Bertz CT molecular complexity index is 1400. The second-order valence-electron chi connectivity index (χ2n) is 9.91. The van der Waals surface area contributed by atoms with E-state index in [4.69, 9.17) is 19.6 Å². The molecule has 0 radical (unpaired) electrons. The number of pyridine rings is 1. The number of nitrogens with one attached hydrogen (secondary N) is 1. The van der Waals surface area contributed by atoms with Gasteiger partial charge in [-0.3, -0.25) is 9.79 Å². The van der Waals surface area contributed by atoms with Crippen LogP contribution < -0.4 is 15.8 Å². The van der Waals surface area contributed by atoms with Crippen LogP contribution in [-0.4, -0.2) is 39.5 Å². The summed E-state index contributed by atoms with van der Waals surface area (Å²) >= 11 is 1.34. The molecule has 3 aromatic rings. The molecule has 4 atom stereocenters. The number of amidine groups is 1. The van der Waals surface area contributed by atoms with E-state index in [1.54, 1.807) is 33.9 Å². The van der Waals surface area contributed by atoms with E-state index in [1.165, 1.54) is 36.5 Å². The first-order chi connectivity index (χ1) is 18.4. The zero-order valence-corrected chi connectivity index (χ0v) is 23.4. The second-order valence-corrected chi connectivity index (χ2v) is 11.5. The minimum atomic E-state index is -1.22. The number of anilines is 1. The number of aryl methyl sites for hydroxylation is 1. The van der Waals surface area contributed by atoms with Gasteiger partial charge < -0.3 is 24.9 Å². The molecule has 0 bridgehead atoms. The Morgan fingerprint density at radius 3 is 2.67 bits per heavy atom.